The van der Waals surface area contributed by atoms with E-state index in [-0.39, 0.29) is 25.4 Å². The summed E-state index contributed by atoms with van der Waals surface area (Å²) in [4.78, 5) is 39.6. The molecule has 2 heterocycles. The smallest absolute Gasteiger partial charge is 0.308 e. The molecule has 0 aliphatic rings. The van der Waals surface area contributed by atoms with Crippen LogP contribution in [0.15, 0.2) is 29.8 Å². The SMILES string of the molecule is CCCc1csc(C(=O)c2cn(COC(=O)CCC(=O)O)c3cc(F)ccc23)n1. The summed E-state index contributed by atoms with van der Waals surface area (Å²) >= 11 is 1.26. The number of aliphatic carboxylic acids is 1. The Morgan fingerprint density at radius 2 is 2.07 bits per heavy atom. The largest absolute Gasteiger partial charge is 0.481 e. The number of esters is 1. The minimum Gasteiger partial charge on any atom is -0.481 e. The summed E-state index contributed by atoms with van der Waals surface area (Å²) in [7, 11) is 0. The van der Waals surface area contributed by atoms with E-state index in [0.29, 0.717) is 21.5 Å². The molecule has 152 valence electrons. The first-order chi connectivity index (χ1) is 13.9. The van der Waals surface area contributed by atoms with Crippen LogP contribution >= 0.6 is 11.3 Å². The van der Waals surface area contributed by atoms with Gasteiger partial charge in [-0.25, -0.2) is 9.37 Å². The van der Waals surface area contributed by atoms with Gasteiger partial charge in [0, 0.05) is 17.0 Å². The fraction of sp³-hybridized carbons (Fsp3) is 0.300. The molecule has 1 aromatic carbocycles. The lowest BCUT2D eigenvalue weighted by molar-refractivity contribution is -0.150. The van der Waals surface area contributed by atoms with Gasteiger partial charge in [0.15, 0.2) is 11.7 Å². The number of aryl methyl sites for hydroxylation is 1. The van der Waals surface area contributed by atoms with Gasteiger partial charge in [-0.3, -0.25) is 14.4 Å². The number of nitrogens with zero attached hydrogens (tertiary/aromatic N) is 2. The van der Waals surface area contributed by atoms with Crippen molar-refractivity contribution in [1.82, 2.24) is 9.55 Å². The second kappa shape index (κ2) is 8.95. The van der Waals surface area contributed by atoms with Crippen LogP contribution < -0.4 is 0 Å². The van der Waals surface area contributed by atoms with Crippen LogP contribution in [0.5, 0.6) is 0 Å². The molecule has 0 saturated heterocycles. The van der Waals surface area contributed by atoms with Crippen molar-refractivity contribution >= 4 is 40.0 Å². The van der Waals surface area contributed by atoms with Crippen molar-refractivity contribution in [2.75, 3.05) is 0 Å². The van der Waals surface area contributed by atoms with E-state index in [0.717, 1.165) is 18.5 Å². The molecule has 0 aliphatic heterocycles. The van der Waals surface area contributed by atoms with Crippen molar-refractivity contribution < 1.29 is 28.6 Å². The molecule has 1 N–H and O–H groups in total. The molecule has 9 heteroatoms. The van der Waals surface area contributed by atoms with Crippen molar-refractivity contribution in [1.29, 1.82) is 0 Å². The molecule has 0 radical (unpaired) electrons. The maximum absolute atomic E-state index is 13.8. The molecule has 0 atom stereocenters. The number of carboxylic acids is 1. The normalized spacial score (nSPS) is 11.0. The molecule has 3 aromatic rings. The number of hydrogen-bond donors (Lipinski definition) is 1. The Bertz CT molecular complexity index is 1070. The molecule has 2 aromatic heterocycles. The summed E-state index contributed by atoms with van der Waals surface area (Å²) in [6.07, 6.45) is 2.59. The highest BCUT2D eigenvalue weighted by atomic mass is 32.1. The van der Waals surface area contributed by atoms with Gasteiger partial charge >= 0.3 is 11.9 Å². The fourth-order valence-corrected chi connectivity index (χ4v) is 3.68. The lowest BCUT2D eigenvalue weighted by Crippen LogP contribution is -2.10. The molecular formula is C20H19FN2O5S. The quantitative estimate of drug-likeness (QED) is 0.419. The van der Waals surface area contributed by atoms with E-state index in [1.807, 2.05) is 12.3 Å². The molecule has 0 unspecified atom stereocenters. The average molecular weight is 418 g/mol. The number of carboxylic acid groups (broad SMARTS) is 1. The molecule has 29 heavy (non-hydrogen) atoms. The fourth-order valence-electron chi connectivity index (χ4n) is 2.87. The van der Waals surface area contributed by atoms with Gasteiger partial charge in [0.2, 0.25) is 5.78 Å². The summed E-state index contributed by atoms with van der Waals surface area (Å²) in [5.41, 5.74) is 1.58. The zero-order chi connectivity index (χ0) is 21.0. The zero-order valence-electron chi connectivity index (χ0n) is 15.7. The zero-order valence-corrected chi connectivity index (χ0v) is 16.5. The highest BCUT2D eigenvalue weighted by molar-refractivity contribution is 7.12. The lowest BCUT2D eigenvalue weighted by Gasteiger charge is -2.06. The van der Waals surface area contributed by atoms with E-state index in [1.165, 1.54) is 40.3 Å². The monoisotopic (exact) mass is 418 g/mol. The van der Waals surface area contributed by atoms with Crippen molar-refractivity contribution in [2.45, 2.75) is 39.3 Å². The van der Waals surface area contributed by atoms with Crippen LogP contribution in [0.1, 0.15) is 47.2 Å². The Kier molecular flexibility index (Phi) is 6.38. The second-order valence-electron chi connectivity index (χ2n) is 6.44. The van der Waals surface area contributed by atoms with E-state index in [1.54, 1.807) is 0 Å². The molecule has 0 saturated carbocycles. The van der Waals surface area contributed by atoms with E-state index < -0.39 is 17.8 Å². The standard InChI is InChI=1S/C20H19FN2O5S/c1-2-3-13-10-29-20(22-13)19(27)15-9-23(11-28-18(26)7-6-17(24)25)16-8-12(21)4-5-14(15)16/h4-5,8-10H,2-3,6-7,11H2,1H3,(H,24,25). The number of aromatic nitrogens is 2. The van der Waals surface area contributed by atoms with Crippen LogP contribution in [-0.4, -0.2) is 32.4 Å². The third kappa shape index (κ3) is 4.86. The van der Waals surface area contributed by atoms with Gasteiger partial charge in [-0.05, 0) is 24.6 Å². The van der Waals surface area contributed by atoms with Gasteiger partial charge in [0.1, 0.15) is 5.82 Å². The first-order valence-electron chi connectivity index (χ1n) is 9.04. The van der Waals surface area contributed by atoms with E-state index in [4.69, 9.17) is 9.84 Å². The second-order valence-corrected chi connectivity index (χ2v) is 7.29. The number of thiazole rings is 1. The highest BCUT2D eigenvalue weighted by Crippen LogP contribution is 2.26. The minimum atomic E-state index is -1.10. The first kappa shape index (κ1) is 20.7. The number of carbonyl (C=O) groups excluding carboxylic acids is 2. The number of hydrogen-bond acceptors (Lipinski definition) is 6. The number of carbonyl (C=O) groups is 3. The molecule has 0 aliphatic carbocycles. The lowest BCUT2D eigenvalue weighted by atomic mass is 10.1. The summed E-state index contributed by atoms with van der Waals surface area (Å²) in [5.74, 6) is -2.57. The Hall–Kier alpha value is -3.07. The van der Waals surface area contributed by atoms with Crippen LogP contribution in [0.2, 0.25) is 0 Å². The molecule has 3 rings (SSSR count). The number of ether oxygens (including phenoxy) is 1. The predicted octanol–water partition coefficient (Wildman–Crippen LogP) is 3.79. The maximum atomic E-state index is 13.8. The summed E-state index contributed by atoms with van der Waals surface area (Å²) in [6, 6.07) is 4.01. The van der Waals surface area contributed by atoms with Crippen molar-refractivity contribution in [3.05, 3.63) is 51.9 Å². The predicted molar refractivity (Wildman–Crippen MR) is 104 cm³/mol. The molecule has 0 amide bonds. The van der Waals surface area contributed by atoms with Gasteiger partial charge in [-0.1, -0.05) is 13.3 Å². The Morgan fingerprint density at radius 3 is 2.79 bits per heavy atom. The van der Waals surface area contributed by atoms with Crippen LogP contribution in [0, 0.1) is 5.82 Å². The van der Waals surface area contributed by atoms with Gasteiger partial charge in [-0.2, -0.15) is 0 Å². The van der Waals surface area contributed by atoms with Crippen LogP contribution in [0.3, 0.4) is 0 Å². The van der Waals surface area contributed by atoms with Crippen molar-refractivity contribution in [2.24, 2.45) is 0 Å². The molecular weight excluding hydrogens is 399 g/mol. The van der Waals surface area contributed by atoms with E-state index >= 15 is 0 Å². The topological polar surface area (TPSA) is 98.5 Å². The van der Waals surface area contributed by atoms with Gasteiger partial charge < -0.3 is 14.4 Å². The number of ketones is 1. The van der Waals surface area contributed by atoms with E-state index in [9.17, 15) is 18.8 Å². The van der Waals surface area contributed by atoms with Gasteiger partial charge in [-0.15, -0.1) is 11.3 Å². The van der Waals surface area contributed by atoms with Crippen LogP contribution in [0.4, 0.5) is 4.39 Å². The average Bonchev–Trinajstić information content (AvgIpc) is 3.29. The van der Waals surface area contributed by atoms with E-state index in [2.05, 4.69) is 4.98 Å². The number of halogens is 1. The Labute approximate surface area is 169 Å². The molecule has 0 spiro atoms. The third-order valence-electron chi connectivity index (χ3n) is 4.25. The number of rotatable bonds is 9. The summed E-state index contributed by atoms with van der Waals surface area (Å²) in [5, 5.41) is 11.3. The third-order valence-corrected chi connectivity index (χ3v) is 5.14. The van der Waals surface area contributed by atoms with Crippen LogP contribution in [-0.2, 0) is 27.5 Å². The molecule has 0 fully saturated rings. The van der Waals surface area contributed by atoms with Crippen molar-refractivity contribution in [3.63, 3.8) is 0 Å². The molecule has 0 bridgehead atoms. The van der Waals surface area contributed by atoms with Gasteiger partial charge in [0.05, 0.1) is 29.6 Å². The highest BCUT2D eigenvalue weighted by Gasteiger charge is 2.20. The maximum Gasteiger partial charge on any atom is 0.308 e. The van der Waals surface area contributed by atoms with Gasteiger partial charge in [0.25, 0.3) is 0 Å². The summed E-state index contributed by atoms with van der Waals surface area (Å²) in [6.45, 7) is 1.77. The summed E-state index contributed by atoms with van der Waals surface area (Å²) < 4.78 is 20.3. The Balaban J connectivity index is 1.87. The first-order valence-corrected chi connectivity index (χ1v) is 9.92. The minimum absolute atomic E-state index is 0.259. The Morgan fingerprint density at radius 1 is 1.28 bits per heavy atom. The number of fused-ring (bicyclic) bond motifs is 1. The van der Waals surface area contributed by atoms with Crippen molar-refractivity contribution in [3.8, 4) is 0 Å². The molecule has 7 nitrogen and oxygen atoms in total. The van der Waals surface area contributed by atoms with Crippen LogP contribution in [0.25, 0.3) is 10.9 Å². The number of benzene rings is 1.